The first-order valence-corrected chi connectivity index (χ1v) is 8.83. The van der Waals surface area contributed by atoms with E-state index in [4.69, 9.17) is 0 Å². The molecule has 1 aliphatic heterocycles. The van der Waals surface area contributed by atoms with Crippen LogP contribution in [0.1, 0.15) is 30.8 Å². The molecule has 1 aromatic heterocycles. The van der Waals surface area contributed by atoms with Gasteiger partial charge in [-0.25, -0.2) is 9.78 Å². The zero-order chi connectivity index (χ0) is 16.9. The van der Waals surface area contributed by atoms with Crippen molar-refractivity contribution in [2.75, 3.05) is 19.6 Å². The van der Waals surface area contributed by atoms with Crippen LogP contribution in [-0.4, -0.2) is 45.0 Å². The highest BCUT2D eigenvalue weighted by molar-refractivity contribution is 5.74. The minimum absolute atomic E-state index is 0.129. The zero-order valence-corrected chi connectivity index (χ0v) is 14.6. The number of aromatic nitrogens is 2. The van der Waals surface area contributed by atoms with Crippen LogP contribution in [0.4, 0.5) is 4.79 Å². The first-order valence-electron chi connectivity index (χ1n) is 8.83. The minimum Gasteiger partial charge on any atom is -0.334 e. The van der Waals surface area contributed by atoms with Crippen LogP contribution in [0.5, 0.6) is 0 Å². The molecule has 0 atom stereocenters. The van der Waals surface area contributed by atoms with E-state index in [0.29, 0.717) is 6.54 Å². The van der Waals surface area contributed by atoms with E-state index in [1.54, 1.807) is 0 Å². The Balaban J connectivity index is 1.65. The molecule has 3 rings (SSSR count). The summed E-state index contributed by atoms with van der Waals surface area (Å²) in [7, 11) is 0. The Hall–Kier alpha value is -2.30. The first-order chi connectivity index (χ1) is 11.7. The third kappa shape index (κ3) is 3.45. The maximum absolute atomic E-state index is 12.5. The number of rotatable bonds is 5. The number of hydrogen-bond acceptors (Lipinski definition) is 2. The summed E-state index contributed by atoms with van der Waals surface area (Å²) in [6.07, 6.45) is 3.82. The topological polar surface area (TPSA) is 41.4 Å². The van der Waals surface area contributed by atoms with Crippen molar-refractivity contribution in [1.29, 1.82) is 0 Å². The van der Waals surface area contributed by atoms with Gasteiger partial charge in [0.25, 0.3) is 0 Å². The van der Waals surface area contributed by atoms with Crippen LogP contribution in [0.2, 0.25) is 0 Å². The van der Waals surface area contributed by atoms with Crippen LogP contribution in [0, 0.1) is 0 Å². The van der Waals surface area contributed by atoms with Gasteiger partial charge in [0.05, 0.1) is 18.6 Å². The molecule has 2 heterocycles. The van der Waals surface area contributed by atoms with Crippen molar-refractivity contribution in [2.24, 2.45) is 0 Å². The molecule has 0 bridgehead atoms. The third-order valence-electron chi connectivity index (χ3n) is 4.78. The number of urea groups is 1. The van der Waals surface area contributed by atoms with Crippen molar-refractivity contribution in [3.05, 3.63) is 53.6 Å². The van der Waals surface area contributed by atoms with Gasteiger partial charge in [0.2, 0.25) is 0 Å². The highest BCUT2D eigenvalue weighted by atomic mass is 16.2. The quantitative estimate of drug-likeness (QED) is 0.848. The predicted octanol–water partition coefficient (Wildman–Crippen LogP) is 2.95. The second-order valence-electron chi connectivity index (χ2n) is 6.19. The molecule has 5 heteroatoms. The Morgan fingerprint density at radius 3 is 2.67 bits per heavy atom. The van der Waals surface area contributed by atoms with Crippen LogP contribution < -0.4 is 0 Å². The number of benzene rings is 1. The fraction of sp³-hybridized carbons (Fsp3) is 0.474. The molecule has 1 aromatic carbocycles. The maximum Gasteiger partial charge on any atom is 0.320 e. The van der Waals surface area contributed by atoms with Crippen molar-refractivity contribution in [1.82, 2.24) is 19.4 Å². The number of nitrogens with zero attached hydrogens (tertiary/aromatic N) is 4. The molecule has 24 heavy (non-hydrogen) atoms. The Kier molecular flexibility index (Phi) is 5.18. The summed E-state index contributed by atoms with van der Waals surface area (Å²) in [6, 6.07) is 10.7. The van der Waals surface area contributed by atoms with Gasteiger partial charge in [-0.3, -0.25) is 0 Å². The van der Waals surface area contributed by atoms with Crippen molar-refractivity contribution < 1.29 is 4.79 Å². The van der Waals surface area contributed by atoms with Crippen molar-refractivity contribution in [3.63, 3.8) is 0 Å². The van der Waals surface area contributed by atoms with Gasteiger partial charge in [0.1, 0.15) is 0 Å². The van der Waals surface area contributed by atoms with Crippen molar-refractivity contribution >= 4 is 6.03 Å². The van der Waals surface area contributed by atoms with Gasteiger partial charge in [-0.2, -0.15) is 0 Å². The second kappa shape index (κ2) is 7.51. The molecule has 1 aliphatic rings. The molecular weight excluding hydrogens is 300 g/mol. The fourth-order valence-corrected chi connectivity index (χ4v) is 3.31. The summed E-state index contributed by atoms with van der Waals surface area (Å²) < 4.78 is 2.25. The Morgan fingerprint density at radius 2 is 1.96 bits per heavy atom. The van der Waals surface area contributed by atoms with Crippen LogP contribution in [0.3, 0.4) is 0 Å². The zero-order valence-electron chi connectivity index (χ0n) is 14.6. The normalized spacial score (nSPS) is 13.7. The Bertz CT molecular complexity index is 676. The SMILES string of the molecule is CCN(CC)C(=O)N1CCc2c(ncn2CCc2ccccc2)C1. The molecule has 0 saturated heterocycles. The van der Waals surface area contributed by atoms with E-state index >= 15 is 0 Å². The van der Waals surface area contributed by atoms with Crippen LogP contribution in [0.25, 0.3) is 0 Å². The van der Waals surface area contributed by atoms with Gasteiger partial charge < -0.3 is 14.4 Å². The molecule has 0 saturated carbocycles. The van der Waals surface area contributed by atoms with E-state index in [0.717, 1.165) is 44.7 Å². The van der Waals surface area contributed by atoms with Gasteiger partial charge >= 0.3 is 6.03 Å². The highest BCUT2D eigenvalue weighted by Crippen LogP contribution is 2.19. The number of amides is 2. The molecule has 0 unspecified atom stereocenters. The van der Waals surface area contributed by atoms with E-state index in [1.165, 1.54) is 11.3 Å². The number of carbonyl (C=O) groups excluding carboxylic acids is 1. The Labute approximate surface area is 143 Å². The number of carbonyl (C=O) groups is 1. The number of hydrogen-bond donors (Lipinski definition) is 0. The highest BCUT2D eigenvalue weighted by Gasteiger charge is 2.26. The average Bonchev–Trinajstić information content (AvgIpc) is 3.04. The predicted molar refractivity (Wildman–Crippen MR) is 94.8 cm³/mol. The van der Waals surface area contributed by atoms with Crippen molar-refractivity contribution in [2.45, 2.75) is 39.8 Å². The monoisotopic (exact) mass is 326 g/mol. The van der Waals surface area contributed by atoms with E-state index < -0.39 is 0 Å². The lowest BCUT2D eigenvalue weighted by molar-refractivity contribution is 0.151. The van der Waals surface area contributed by atoms with Crippen LogP contribution in [-0.2, 0) is 25.9 Å². The maximum atomic E-state index is 12.5. The summed E-state index contributed by atoms with van der Waals surface area (Å²) in [5.41, 5.74) is 3.68. The van der Waals surface area contributed by atoms with Gasteiger partial charge in [-0.05, 0) is 25.8 Å². The Morgan fingerprint density at radius 1 is 1.21 bits per heavy atom. The van der Waals surface area contributed by atoms with Gasteiger partial charge in [0, 0.05) is 38.3 Å². The largest absolute Gasteiger partial charge is 0.334 e. The number of fused-ring (bicyclic) bond motifs is 1. The fourth-order valence-electron chi connectivity index (χ4n) is 3.31. The summed E-state index contributed by atoms with van der Waals surface area (Å²) in [4.78, 5) is 20.9. The molecule has 5 nitrogen and oxygen atoms in total. The van der Waals surface area contributed by atoms with E-state index in [9.17, 15) is 4.79 Å². The summed E-state index contributed by atoms with van der Waals surface area (Å²) in [6.45, 7) is 7.90. The molecule has 0 radical (unpaired) electrons. The molecule has 2 amide bonds. The van der Waals surface area contributed by atoms with Crippen LogP contribution in [0.15, 0.2) is 36.7 Å². The molecule has 0 N–H and O–H groups in total. The second-order valence-corrected chi connectivity index (χ2v) is 6.19. The molecule has 0 fully saturated rings. The van der Waals surface area contributed by atoms with Gasteiger partial charge in [-0.15, -0.1) is 0 Å². The number of aryl methyl sites for hydroxylation is 2. The van der Waals surface area contributed by atoms with E-state index in [-0.39, 0.29) is 6.03 Å². The van der Waals surface area contributed by atoms with Gasteiger partial charge in [-0.1, -0.05) is 30.3 Å². The third-order valence-corrected chi connectivity index (χ3v) is 4.78. The molecule has 128 valence electrons. The van der Waals surface area contributed by atoms with E-state index in [2.05, 4.69) is 33.8 Å². The lowest BCUT2D eigenvalue weighted by Crippen LogP contribution is -2.45. The first kappa shape index (κ1) is 16.6. The molecule has 0 spiro atoms. The summed E-state index contributed by atoms with van der Waals surface area (Å²) >= 11 is 0. The average molecular weight is 326 g/mol. The molecule has 2 aromatic rings. The smallest absolute Gasteiger partial charge is 0.320 e. The number of imidazole rings is 1. The molecule has 0 aliphatic carbocycles. The van der Waals surface area contributed by atoms with E-state index in [1.807, 2.05) is 36.0 Å². The summed E-state index contributed by atoms with van der Waals surface area (Å²) in [5, 5.41) is 0. The standard InChI is InChI=1S/C19H26N4O/c1-3-21(4-2)19(24)22-13-11-18-17(14-22)20-15-23(18)12-10-16-8-6-5-7-9-16/h5-9,15H,3-4,10-14H2,1-2H3. The minimum atomic E-state index is 0.129. The molecular formula is C19H26N4O. The van der Waals surface area contributed by atoms with Crippen molar-refractivity contribution in [3.8, 4) is 0 Å². The van der Waals surface area contributed by atoms with Crippen LogP contribution >= 0.6 is 0 Å². The van der Waals surface area contributed by atoms with Gasteiger partial charge in [0.15, 0.2) is 0 Å². The lowest BCUT2D eigenvalue weighted by Gasteiger charge is -2.32. The lowest BCUT2D eigenvalue weighted by atomic mass is 10.1. The summed E-state index contributed by atoms with van der Waals surface area (Å²) in [5.74, 6) is 0.